The van der Waals surface area contributed by atoms with Crippen LogP contribution in [0.2, 0.25) is 5.02 Å². The Balaban J connectivity index is 2.08. The van der Waals surface area contributed by atoms with Gasteiger partial charge in [0.25, 0.3) is 0 Å². The van der Waals surface area contributed by atoms with Crippen molar-refractivity contribution in [2.45, 2.75) is 40.0 Å². The zero-order valence-corrected chi connectivity index (χ0v) is 17.4. The molecule has 0 radical (unpaired) electrons. The number of nitrogens with zero attached hydrogens (tertiary/aromatic N) is 2. The number of amides is 2. The number of piperazine rings is 1. The lowest BCUT2D eigenvalue weighted by Crippen LogP contribution is -2.52. The third kappa shape index (κ3) is 5.61. The molecule has 0 unspecified atom stereocenters. The van der Waals surface area contributed by atoms with Crippen LogP contribution in [0.4, 0.5) is 5.69 Å². The minimum absolute atomic E-state index is 0.0692. The number of hydrogen-bond acceptors (Lipinski definition) is 3. The van der Waals surface area contributed by atoms with Crippen molar-refractivity contribution in [3.05, 3.63) is 29.3 Å². The first-order valence-corrected chi connectivity index (χ1v) is 10.3. The monoisotopic (exact) mass is 393 g/mol. The Bertz CT molecular complexity index is 642. The van der Waals surface area contributed by atoms with Crippen LogP contribution in [0.25, 0.3) is 0 Å². The van der Waals surface area contributed by atoms with Crippen molar-refractivity contribution in [3.63, 3.8) is 0 Å². The molecule has 2 rings (SSSR count). The highest BCUT2D eigenvalue weighted by atomic mass is 35.5. The quantitative estimate of drug-likeness (QED) is 0.734. The molecular formula is C21H32ClN3O2. The zero-order chi connectivity index (χ0) is 20.0. The van der Waals surface area contributed by atoms with Crippen LogP contribution in [0.15, 0.2) is 24.3 Å². The van der Waals surface area contributed by atoms with Crippen molar-refractivity contribution in [1.29, 1.82) is 0 Å². The number of nitrogens with two attached hydrogens (primary N) is 1. The summed E-state index contributed by atoms with van der Waals surface area (Å²) < 4.78 is 0. The maximum absolute atomic E-state index is 13.2. The molecule has 0 bridgehead atoms. The summed E-state index contributed by atoms with van der Waals surface area (Å²) in [7, 11) is 0. The Morgan fingerprint density at radius 3 is 2.26 bits per heavy atom. The topological polar surface area (TPSA) is 66.6 Å². The molecule has 150 valence electrons. The second-order valence-corrected chi connectivity index (χ2v) is 8.20. The van der Waals surface area contributed by atoms with Gasteiger partial charge in [-0.05, 0) is 30.9 Å². The van der Waals surface area contributed by atoms with E-state index in [9.17, 15) is 9.59 Å². The molecular weight excluding hydrogens is 362 g/mol. The third-order valence-corrected chi connectivity index (χ3v) is 5.60. The van der Waals surface area contributed by atoms with E-state index >= 15 is 0 Å². The molecule has 0 spiro atoms. The van der Waals surface area contributed by atoms with Crippen LogP contribution < -0.4 is 10.6 Å². The molecule has 1 saturated heterocycles. The molecule has 1 aromatic carbocycles. The fraction of sp³-hybridized carbons (Fsp3) is 0.619. The predicted octanol–water partition coefficient (Wildman–Crippen LogP) is 3.55. The van der Waals surface area contributed by atoms with Crippen molar-refractivity contribution in [3.8, 4) is 0 Å². The van der Waals surface area contributed by atoms with Gasteiger partial charge in [-0.25, -0.2) is 0 Å². The Kier molecular flexibility index (Phi) is 7.96. The molecule has 27 heavy (non-hydrogen) atoms. The molecule has 1 aromatic rings. The second-order valence-electron chi connectivity index (χ2n) is 7.80. The highest BCUT2D eigenvalue weighted by Gasteiger charge is 2.36. The predicted molar refractivity (Wildman–Crippen MR) is 111 cm³/mol. The van der Waals surface area contributed by atoms with Gasteiger partial charge in [-0.1, -0.05) is 50.9 Å². The second kappa shape index (κ2) is 9.98. The summed E-state index contributed by atoms with van der Waals surface area (Å²) in [5.74, 6) is -0.659. The summed E-state index contributed by atoms with van der Waals surface area (Å²) in [5.41, 5.74) is 6.65. The van der Waals surface area contributed by atoms with E-state index in [-0.39, 0.29) is 23.7 Å². The van der Waals surface area contributed by atoms with Crippen molar-refractivity contribution < 1.29 is 9.59 Å². The van der Waals surface area contributed by atoms with Gasteiger partial charge in [0.15, 0.2) is 0 Å². The van der Waals surface area contributed by atoms with Gasteiger partial charge in [-0.3, -0.25) is 9.59 Å². The van der Waals surface area contributed by atoms with E-state index in [0.717, 1.165) is 30.2 Å². The summed E-state index contributed by atoms with van der Waals surface area (Å²) in [6, 6.07) is 7.78. The molecule has 1 fully saturated rings. The number of benzene rings is 1. The van der Waals surface area contributed by atoms with Crippen LogP contribution in [0.3, 0.4) is 0 Å². The molecule has 2 amide bonds. The van der Waals surface area contributed by atoms with Crippen molar-refractivity contribution in [1.82, 2.24) is 4.90 Å². The SMILES string of the molecule is CCC[C@H](C(N)=O)[C@@H](CC(C)C)C(=O)N1CCN(c2ccccc2Cl)CC1. The fourth-order valence-electron chi connectivity index (χ4n) is 3.91. The van der Waals surface area contributed by atoms with Crippen LogP contribution in [0, 0.1) is 17.8 Å². The third-order valence-electron chi connectivity index (χ3n) is 5.28. The number of carbonyl (C=O) groups excluding carboxylic acids is 2. The molecule has 1 aliphatic heterocycles. The number of para-hydroxylation sites is 1. The fourth-order valence-corrected chi connectivity index (χ4v) is 4.16. The minimum Gasteiger partial charge on any atom is -0.369 e. The molecule has 2 N–H and O–H groups in total. The summed E-state index contributed by atoms with van der Waals surface area (Å²) in [5, 5.41) is 0.728. The molecule has 0 aromatic heterocycles. The van der Waals surface area contributed by atoms with Gasteiger partial charge in [0.05, 0.1) is 10.7 Å². The first kappa shape index (κ1) is 21.5. The average molecular weight is 394 g/mol. The molecule has 6 heteroatoms. The minimum atomic E-state index is -0.383. The number of carbonyl (C=O) groups is 2. The Labute approximate surface area is 167 Å². The van der Waals surface area contributed by atoms with Crippen LogP contribution >= 0.6 is 11.6 Å². The van der Waals surface area contributed by atoms with Crippen molar-refractivity contribution in [2.75, 3.05) is 31.1 Å². The van der Waals surface area contributed by atoms with Gasteiger partial charge in [0.1, 0.15) is 0 Å². The van der Waals surface area contributed by atoms with E-state index in [2.05, 4.69) is 18.7 Å². The van der Waals surface area contributed by atoms with Crippen molar-refractivity contribution >= 4 is 29.1 Å². The average Bonchev–Trinajstić information content (AvgIpc) is 2.64. The Morgan fingerprint density at radius 2 is 1.74 bits per heavy atom. The lowest BCUT2D eigenvalue weighted by molar-refractivity contribution is -0.142. The number of halogens is 1. The van der Waals surface area contributed by atoms with Gasteiger partial charge < -0.3 is 15.5 Å². The number of hydrogen-bond donors (Lipinski definition) is 1. The largest absolute Gasteiger partial charge is 0.369 e. The summed E-state index contributed by atoms with van der Waals surface area (Å²) >= 11 is 6.30. The van der Waals surface area contributed by atoms with E-state index < -0.39 is 0 Å². The van der Waals surface area contributed by atoms with Gasteiger partial charge in [-0.2, -0.15) is 0 Å². The lowest BCUT2D eigenvalue weighted by atomic mass is 9.81. The van der Waals surface area contributed by atoms with Gasteiger partial charge in [0.2, 0.25) is 11.8 Å². The standard InChI is InChI=1S/C21H32ClN3O2/c1-4-7-16(20(23)26)17(14-15(2)3)21(27)25-12-10-24(11-13-25)19-9-6-5-8-18(19)22/h5-6,8-9,15-17H,4,7,10-14H2,1-3H3,(H2,23,26)/t16-,17+/m0/s1. The van der Waals surface area contributed by atoms with Gasteiger partial charge >= 0.3 is 0 Å². The van der Waals surface area contributed by atoms with Gasteiger partial charge in [-0.15, -0.1) is 0 Å². The van der Waals surface area contributed by atoms with Crippen LogP contribution in [-0.2, 0) is 9.59 Å². The highest BCUT2D eigenvalue weighted by Crippen LogP contribution is 2.29. The van der Waals surface area contributed by atoms with Crippen LogP contribution in [0.5, 0.6) is 0 Å². The maximum Gasteiger partial charge on any atom is 0.226 e. The Hall–Kier alpha value is -1.75. The first-order valence-electron chi connectivity index (χ1n) is 9.92. The zero-order valence-electron chi connectivity index (χ0n) is 16.7. The molecule has 0 saturated carbocycles. The maximum atomic E-state index is 13.2. The summed E-state index contributed by atoms with van der Waals surface area (Å²) in [6.07, 6.45) is 2.20. The molecule has 1 aliphatic rings. The van der Waals surface area contributed by atoms with E-state index in [1.54, 1.807) is 0 Å². The molecule has 5 nitrogen and oxygen atoms in total. The summed E-state index contributed by atoms with van der Waals surface area (Å²) in [4.78, 5) is 29.3. The highest BCUT2D eigenvalue weighted by molar-refractivity contribution is 6.33. The van der Waals surface area contributed by atoms with Crippen LogP contribution in [0.1, 0.15) is 40.0 Å². The van der Waals surface area contributed by atoms with Crippen LogP contribution in [-0.4, -0.2) is 42.9 Å². The van der Waals surface area contributed by atoms with Gasteiger partial charge in [0, 0.05) is 38.0 Å². The lowest BCUT2D eigenvalue weighted by Gasteiger charge is -2.39. The molecule has 2 atom stereocenters. The molecule has 0 aliphatic carbocycles. The molecule has 1 heterocycles. The smallest absolute Gasteiger partial charge is 0.226 e. The number of primary amides is 1. The van der Waals surface area contributed by atoms with E-state index in [4.69, 9.17) is 17.3 Å². The van der Waals surface area contributed by atoms with E-state index in [1.165, 1.54) is 0 Å². The van der Waals surface area contributed by atoms with E-state index in [0.29, 0.717) is 31.8 Å². The number of anilines is 1. The normalized spacial score (nSPS) is 17.1. The Morgan fingerprint density at radius 1 is 1.11 bits per heavy atom. The summed E-state index contributed by atoms with van der Waals surface area (Å²) in [6.45, 7) is 8.93. The van der Waals surface area contributed by atoms with Crippen molar-refractivity contribution in [2.24, 2.45) is 23.5 Å². The first-order chi connectivity index (χ1) is 12.8. The van der Waals surface area contributed by atoms with E-state index in [1.807, 2.05) is 36.1 Å². The number of rotatable bonds is 8.